The fraction of sp³-hybridized carbons (Fsp3) is 0.923. The number of carbonyl (C=O) groups excluding carboxylic acids is 1. The van der Waals surface area contributed by atoms with E-state index in [1.807, 2.05) is 6.92 Å². The molecule has 2 fully saturated rings. The molecule has 0 radical (unpaired) electrons. The van der Waals surface area contributed by atoms with Gasteiger partial charge in [-0.05, 0) is 38.0 Å². The van der Waals surface area contributed by atoms with Crippen molar-refractivity contribution in [2.24, 2.45) is 17.6 Å². The van der Waals surface area contributed by atoms with Crippen LogP contribution in [-0.4, -0.2) is 18.1 Å². The fourth-order valence-electron chi connectivity index (χ4n) is 2.70. The summed E-state index contributed by atoms with van der Waals surface area (Å²) in [5.41, 5.74) is 5.76. The molecular weight excluding hydrogens is 202 g/mol. The molecule has 0 bridgehead atoms. The molecule has 1 saturated heterocycles. The first kappa shape index (κ1) is 11.9. The van der Waals surface area contributed by atoms with Crippen molar-refractivity contribution in [2.45, 2.75) is 64.0 Å². The van der Waals surface area contributed by atoms with E-state index in [1.54, 1.807) is 0 Å². The third-order valence-electron chi connectivity index (χ3n) is 3.78. The van der Waals surface area contributed by atoms with Gasteiger partial charge in [0, 0.05) is 0 Å². The zero-order chi connectivity index (χ0) is 11.5. The van der Waals surface area contributed by atoms with Crippen molar-refractivity contribution in [3.05, 3.63) is 0 Å². The third kappa shape index (κ3) is 3.48. The van der Waals surface area contributed by atoms with Gasteiger partial charge in [0.2, 0.25) is 0 Å². The van der Waals surface area contributed by atoms with Gasteiger partial charge in [0.15, 0.2) is 0 Å². The van der Waals surface area contributed by atoms with Crippen molar-refractivity contribution in [3.63, 3.8) is 0 Å². The van der Waals surface area contributed by atoms with E-state index in [0.29, 0.717) is 0 Å². The average molecular weight is 225 g/mol. The second kappa shape index (κ2) is 5.17. The molecule has 92 valence electrons. The average Bonchev–Trinajstić information content (AvgIpc) is 2.99. The maximum atomic E-state index is 11.5. The molecule has 1 heterocycles. The summed E-state index contributed by atoms with van der Waals surface area (Å²) in [5, 5.41) is 0. The van der Waals surface area contributed by atoms with Crippen LogP contribution in [0.5, 0.6) is 0 Å². The van der Waals surface area contributed by atoms with Crippen LogP contribution in [0.25, 0.3) is 0 Å². The van der Waals surface area contributed by atoms with Gasteiger partial charge in [-0.2, -0.15) is 0 Å². The summed E-state index contributed by atoms with van der Waals surface area (Å²) < 4.78 is 5.35. The van der Waals surface area contributed by atoms with Gasteiger partial charge in [0.05, 0.1) is 6.10 Å². The van der Waals surface area contributed by atoms with E-state index in [2.05, 4.69) is 0 Å². The predicted molar refractivity (Wildman–Crippen MR) is 62.8 cm³/mol. The Hall–Kier alpha value is -0.570. The van der Waals surface area contributed by atoms with Crippen molar-refractivity contribution in [3.8, 4) is 0 Å². The van der Waals surface area contributed by atoms with Crippen LogP contribution in [0.2, 0.25) is 0 Å². The first-order chi connectivity index (χ1) is 7.65. The second-order valence-electron chi connectivity index (χ2n) is 5.57. The summed E-state index contributed by atoms with van der Waals surface area (Å²) in [7, 11) is 0. The molecule has 0 aromatic carbocycles. The lowest BCUT2D eigenvalue weighted by Gasteiger charge is -2.19. The van der Waals surface area contributed by atoms with Gasteiger partial charge in [-0.1, -0.05) is 25.7 Å². The summed E-state index contributed by atoms with van der Waals surface area (Å²) in [5.74, 6) is 1.49. The van der Waals surface area contributed by atoms with Crippen molar-refractivity contribution >= 4 is 5.97 Å². The Balaban J connectivity index is 1.88. The van der Waals surface area contributed by atoms with Crippen LogP contribution in [-0.2, 0) is 9.53 Å². The summed E-state index contributed by atoms with van der Waals surface area (Å²) in [6.07, 6.45) is 8.28. The monoisotopic (exact) mass is 225 g/mol. The second-order valence-corrected chi connectivity index (χ2v) is 5.57. The van der Waals surface area contributed by atoms with E-state index in [9.17, 15) is 4.79 Å². The van der Waals surface area contributed by atoms with Crippen LogP contribution in [0, 0.1) is 11.8 Å². The minimum Gasteiger partial charge on any atom is -0.462 e. The Morgan fingerprint density at radius 3 is 2.69 bits per heavy atom. The van der Waals surface area contributed by atoms with Crippen molar-refractivity contribution in [1.82, 2.24) is 0 Å². The molecule has 2 unspecified atom stereocenters. The van der Waals surface area contributed by atoms with Gasteiger partial charge in [-0.15, -0.1) is 0 Å². The van der Waals surface area contributed by atoms with Crippen LogP contribution in [0.4, 0.5) is 0 Å². The molecule has 0 amide bonds. The highest BCUT2D eigenvalue weighted by Crippen LogP contribution is 2.38. The molecule has 0 aromatic heterocycles. The Bertz CT molecular complexity index is 250. The molecule has 2 N–H and O–H groups in total. The Morgan fingerprint density at radius 2 is 2.00 bits per heavy atom. The molecule has 2 rings (SSSR count). The minimum absolute atomic E-state index is 0.0420. The van der Waals surface area contributed by atoms with Crippen molar-refractivity contribution < 1.29 is 9.53 Å². The third-order valence-corrected chi connectivity index (χ3v) is 3.78. The molecule has 1 aliphatic carbocycles. The normalized spacial score (nSPS) is 37.1. The maximum absolute atomic E-state index is 11.5. The van der Waals surface area contributed by atoms with Crippen LogP contribution >= 0.6 is 0 Å². The molecule has 0 aromatic rings. The number of cyclic esters (lactones) is 1. The van der Waals surface area contributed by atoms with E-state index in [0.717, 1.165) is 31.1 Å². The van der Waals surface area contributed by atoms with Gasteiger partial charge in [-0.3, -0.25) is 4.79 Å². The molecular formula is C13H23NO2. The van der Waals surface area contributed by atoms with Crippen molar-refractivity contribution in [1.29, 1.82) is 0 Å². The van der Waals surface area contributed by atoms with E-state index < -0.39 is 6.04 Å². The van der Waals surface area contributed by atoms with Gasteiger partial charge < -0.3 is 10.5 Å². The van der Waals surface area contributed by atoms with E-state index >= 15 is 0 Å². The van der Waals surface area contributed by atoms with E-state index in [4.69, 9.17) is 10.5 Å². The highest BCUT2D eigenvalue weighted by Gasteiger charge is 2.29. The standard InChI is InChI=1S/C13H23NO2/c1-9-7-11(8-10-5-6-10)3-2-4-12(14)13(15)16-9/h9-12H,2-8,14H2,1H3/t9?,11?,12-/m0/s1. The van der Waals surface area contributed by atoms with Gasteiger partial charge >= 0.3 is 5.97 Å². The van der Waals surface area contributed by atoms with Gasteiger partial charge in [-0.25, -0.2) is 0 Å². The number of carbonyl (C=O) groups is 1. The number of hydrogen-bond acceptors (Lipinski definition) is 3. The first-order valence-corrected chi connectivity index (χ1v) is 6.61. The first-order valence-electron chi connectivity index (χ1n) is 6.61. The molecule has 2 aliphatic rings. The lowest BCUT2D eigenvalue weighted by atomic mass is 9.90. The summed E-state index contributed by atoms with van der Waals surface area (Å²) in [6.45, 7) is 2.00. The topological polar surface area (TPSA) is 52.3 Å². The van der Waals surface area contributed by atoms with Crippen LogP contribution in [0.1, 0.15) is 51.9 Å². The smallest absolute Gasteiger partial charge is 0.323 e. The van der Waals surface area contributed by atoms with Gasteiger partial charge in [0.1, 0.15) is 6.04 Å². The minimum atomic E-state index is -0.401. The number of nitrogens with two attached hydrogens (primary N) is 1. The number of ether oxygens (including phenoxy) is 1. The highest BCUT2D eigenvalue weighted by molar-refractivity contribution is 5.75. The van der Waals surface area contributed by atoms with Crippen LogP contribution < -0.4 is 5.73 Å². The molecule has 3 atom stereocenters. The number of esters is 1. The van der Waals surface area contributed by atoms with Crippen LogP contribution in [0.15, 0.2) is 0 Å². The summed E-state index contributed by atoms with van der Waals surface area (Å²) in [4.78, 5) is 11.5. The predicted octanol–water partition coefficient (Wildman–Crippen LogP) is 2.24. The fourth-order valence-corrected chi connectivity index (χ4v) is 2.70. The molecule has 3 nitrogen and oxygen atoms in total. The lowest BCUT2D eigenvalue weighted by Crippen LogP contribution is -2.33. The lowest BCUT2D eigenvalue weighted by molar-refractivity contribution is -0.150. The quantitative estimate of drug-likeness (QED) is 0.733. The zero-order valence-corrected chi connectivity index (χ0v) is 10.2. The Kier molecular flexibility index (Phi) is 3.85. The molecule has 0 spiro atoms. The highest BCUT2D eigenvalue weighted by atomic mass is 16.5. The number of rotatable bonds is 2. The number of hydrogen-bond donors (Lipinski definition) is 1. The summed E-state index contributed by atoms with van der Waals surface area (Å²) >= 11 is 0. The van der Waals surface area contributed by atoms with E-state index in [-0.39, 0.29) is 12.1 Å². The van der Waals surface area contributed by atoms with E-state index in [1.165, 1.54) is 25.7 Å². The maximum Gasteiger partial charge on any atom is 0.323 e. The van der Waals surface area contributed by atoms with Crippen molar-refractivity contribution in [2.75, 3.05) is 0 Å². The molecule has 3 heteroatoms. The largest absolute Gasteiger partial charge is 0.462 e. The summed E-state index contributed by atoms with van der Waals surface area (Å²) in [6, 6.07) is -0.401. The Labute approximate surface area is 97.7 Å². The SMILES string of the molecule is CC1CC(CC2CC2)CCC[C@H](N)C(=O)O1. The van der Waals surface area contributed by atoms with Gasteiger partial charge in [0.25, 0.3) is 0 Å². The molecule has 1 aliphatic heterocycles. The Morgan fingerprint density at radius 1 is 1.25 bits per heavy atom. The molecule has 16 heavy (non-hydrogen) atoms. The molecule has 1 saturated carbocycles. The van der Waals surface area contributed by atoms with Crippen LogP contribution in [0.3, 0.4) is 0 Å². The zero-order valence-electron chi connectivity index (χ0n) is 10.2.